The topological polar surface area (TPSA) is 80.3 Å². The number of carbonyl (C=O) groups is 2. The minimum absolute atomic E-state index is 0.188. The summed E-state index contributed by atoms with van der Waals surface area (Å²) in [7, 11) is 1.60. The molecule has 0 saturated carbocycles. The molecular weight excluding hydrogens is 366 g/mol. The first-order chi connectivity index (χ1) is 14.0. The maximum absolute atomic E-state index is 12.7. The highest BCUT2D eigenvalue weighted by Crippen LogP contribution is 2.20. The van der Waals surface area contributed by atoms with Crippen molar-refractivity contribution in [3.63, 3.8) is 0 Å². The van der Waals surface area contributed by atoms with Crippen molar-refractivity contribution in [2.45, 2.75) is 20.4 Å². The fraction of sp³-hybridized carbons (Fsp3) is 0.174. The lowest BCUT2D eigenvalue weighted by molar-refractivity contribution is 0.0946. The molecule has 0 saturated heterocycles. The molecule has 1 aromatic heterocycles. The number of aryl methyl sites for hydroxylation is 2. The molecule has 0 spiro atoms. The highest BCUT2D eigenvalue weighted by Gasteiger charge is 2.13. The number of para-hydroxylation sites is 1. The SMILES string of the molecule is COc1ccc(CNC(=O)c2cc(C(=O)Nc3c(C)cccc3C)ccn2)cc1. The van der Waals surface area contributed by atoms with Crippen molar-refractivity contribution in [3.8, 4) is 5.75 Å². The van der Waals surface area contributed by atoms with Gasteiger partial charge in [-0.25, -0.2) is 0 Å². The van der Waals surface area contributed by atoms with Gasteiger partial charge < -0.3 is 15.4 Å². The molecule has 0 aliphatic heterocycles. The van der Waals surface area contributed by atoms with E-state index in [0.29, 0.717) is 12.1 Å². The molecule has 0 radical (unpaired) electrons. The molecule has 6 heteroatoms. The van der Waals surface area contributed by atoms with Gasteiger partial charge in [-0.2, -0.15) is 0 Å². The zero-order valence-electron chi connectivity index (χ0n) is 16.7. The Balaban J connectivity index is 1.67. The molecule has 2 aromatic carbocycles. The summed E-state index contributed by atoms with van der Waals surface area (Å²) < 4.78 is 5.12. The van der Waals surface area contributed by atoms with Gasteiger partial charge in [0.05, 0.1) is 7.11 Å². The van der Waals surface area contributed by atoms with Gasteiger partial charge in [-0.1, -0.05) is 30.3 Å². The Hall–Kier alpha value is -3.67. The van der Waals surface area contributed by atoms with Crippen LogP contribution in [-0.2, 0) is 6.54 Å². The van der Waals surface area contributed by atoms with E-state index >= 15 is 0 Å². The van der Waals surface area contributed by atoms with E-state index < -0.39 is 0 Å². The van der Waals surface area contributed by atoms with Gasteiger partial charge in [0.1, 0.15) is 11.4 Å². The summed E-state index contributed by atoms with van der Waals surface area (Å²) in [5.74, 6) is 0.126. The minimum atomic E-state index is -0.345. The lowest BCUT2D eigenvalue weighted by Crippen LogP contribution is -2.24. The largest absolute Gasteiger partial charge is 0.497 e. The van der Waals surface area contributed by atoms with Crippen LogP contribution in [0, 0.1) is 13.8 Å². The van der Waals surface area contributed by atoms with E-state index in [4.69, 9.17) is 4.74 Å². The number of pyridine rings is 1. The van der Waals surface area contributed by atoms with Crippen LogP contribution in [-0.4, -0.2) is 23.9 Å². The van der Waals surface area contributed by atoms with E-state index in [1.54, 1.807) is 13.2 Å². The quantitative estimate of drug-likeness (QED) is 0.670. The number of aromatic nitrogens is 1. The summed E-state index contributed by atoms with van der Waals surface area (Å²) >= 11 is 0. The number of amides is 2. The second kappa shape index (κ2) is 9.01. The zero-order valence-corrected chi connectivity index (χ0v) is 16.7. The standard InChI is InChI=1S/C23H23N3O3/c1-15-5-4-6-16(2)21(15)26-22(27)18-11-12-24-20(13-18)23(28)25-14-17-7-9-19(29-3)10-8-17/h4-13H,14H2,1-3H3,(H,25,28)(H,26,27). The van der Waals surface area contributed by atoms with Gasteiger partial charge in [0.2, 0.25) is 0 Å². The third-order valence-electron chi connectivity index (χ3n) is 4.59. The van der Waals surface area contributed by atoms with Gasteiger partial charge in [-0.05, 0) is 54.8 Å². The number of rotatable bonds is 6. The second-order valence-corrected chi connectivity index (χ2v) is 6.68. The van der Waals surface area contributed by atoms with Crippen LogP contribution in [0.2, 0.25) is 0 Å². The van der Waals surface area contributed by atoms with Crippen molar-refractivity contribution in [2.24, 2.45) is 0 Å². The minimum Gasteiger partial charge on any atom is -0.497 e. The van der Waals surface area contributed by atoms with Crippen molar-refractivity contribution in [1.82, 2.24) is 10.3 Å². The normalized spacial score (nSPS) is 10.3. The first kappa shape index (κ1) is 20.1. The van der Waals surface area contributed by atoms with E-state index in [9.17, 15) is 9.59 Å². The van der Waals surface area contributed by atoms with Gasteiger partial charge >= 0.3 is 0 Å². The molecule has 0 atom stereocenters. The van der Waals surface area contributed by atoms with E-state index in [1.165, 1.54) is 12.3 Å². The molecule has 3 aromatic rings. The molecule has 0 aliphatic rings. The molecule has 1 heterocycles. The van der Waals surface area contributed by atoms with Crippen molar-refractivity contribution in [1.29, 1.82) is 0 Å². The molecule has 6 nitrogen and oxygen atoms in total. The van der Waals surface area contributed by atoms with Crippen molar-refractivity contribution >= 4 is 17.5 Å². The third-order valence-corrected chi connectivity index (χ3v) is 4.59. The zero-order chi connectivity index (χ0) is 20.8. The highest BCUT2D eigenvalue weighted by molar-refractivity contribution is 6.06. The summed E-state index contributed by atoms with van der Waals surface area (Å²) in [6, 6.07) is 16.3. The predicted octanol–water partition coefficient (Wildman–Crippen LogP) is 3.89. The number of nitrogens with zero attached hydrogens (tertiary/aromatic N) is 1. The van der Waals surface area contributed by atoms with E-state index in [0.717, 1.165) is 28.1 Å². The number of hydrogen-bond acceptors (Lipinski definition) is 4. The van der Waals surface area contributed by atoms with Crippen molar-refractivity contribution in [2.75, 3.05) is 12.4 Å². The molecule has 3 rings (SSSR count). The average molecular weight is 389 g/mol. The Morgan fingerprint density at radius 2 is 1.66 bits per heavy atom. The molecule has 0 aliphatic carbocycles. The average Bonchev–Trinajstić information content (AvgIpc) is 2.75. The Morgan fingerprint density at radius 1 is 0.966 bits per heavy atom. The van der Waals surface area contributed by atoms with Gasteiger partial charge in [-0.15, -0.1) is 0 Å². The van der Waals surface area contributed by atoms with E-state index in [1.807, 2.05) is 56.3 Å². The molecule has 148 valence electrons. The lowest BCUT2D eigenvalue weighted by Gasteiger charge is -2.12. The Morgan fingerprint density at radius 3 is 2.31 bits per heavy atom. The van der Waals surface area contributed by atoms with Gasteiger partial charge in [-0.3, -0.25) is 14.6 Å². The van der Waals surface area contributed by atoms with Crippen LogP contribution in [0.25, 0.3) is 0 Å². The summed E-state index contributed by atoms with van der Waals surface area (Å²) in [6.07, 6.45) is 1.46. The number of hydrogen-bond donors (Lipinski definition) is 2. The van der Waals surface area contributed by atoms with Gasteiger partial charge in [0.25, 0.3) is 11.8 Å². The Bertz CT molecular complexity index is 1010. The van der Waals surface area contributed by atoms with Crippen LogP contribution in [0.5, 0.6) is 5.75 Å². The summed E-state index contributed by atoms with van der Waals surface area (Å²) in [4.78, 5) is 29.2. The van der Waals surface area contributed by atoms with Crippen molar-refractivity contribution < 1.29 is 14.3 Å². The number of ether oxygens (including phenoxy) is 1. The number of anilines is 1. The van der Waals surface area contributed by atoms with Crippen LogP contribution in [0.15, 0.2) is 60.8 Å². The Labute approximate surface area is 169 Å². The third kappa shape index (κ3) is 4.99. The summed E-state index contributed by atoms with van der Waals surface area (Å²) in [5, 5.41) is 5.73. The fourth-order valence-electron chi connectivity index (χ4n) is 2.91. The molecule has 0 fully saturated rings. The fourth-order valence-corrected chi connectivity index (χ4v) is 2.91. The van der Waals surface area contributed by atoms with Crippen LogP contribution in [0.4, 0.5) is 5.69 Å². The second-order valence-electron chi connectivity index (χ2n) is 6.68. The van der Waals surface area contributed by atoms with Gasteiger partial charge in [0.15, 0.2) is 0 Å². The first-order valence-electron chi connectivity index (χ1n) is 9.22. The number of nitrogens with one attached hydrogen (secondary N) is 2. The summed E-state index contributed by atoms with van der Waals surface area (Å²) in [6.45, 7) is 4.23. The monoisotopic (exact) mass is 389 g/mol. The number of methoxy groups -OCH3 is 1. The predicted molar refractivity (Wildman–Crippen MR) is 112 cm³/mol. The maximum atomic E-state index is 12.7. The van der Waals surface area contributed by atoms with Crippen LogP contribution >= 0.6 is 0 Å². The molecule has 29 heavy (non-hydrogen) atoms. The van der Waals surface area contributed by atoms with Crippen LogP contribution < -0.4 is 15.4 Å². The van der Waals surface area contributed by atoms with Crippen LogP contribution in [0.1, 0.15) is 37.5 Å². The van der Waals surface area contributed by atoms with Crippen molar-refractivity contribution in [3.05, 3.63) is 88.7 Å². The lowest BCUT2D eigenvalue weighted by atomic mass is 10.1. The molecule has 2 N–H and O–H groups in total. The highest BCUT2D eigenvalue weighted by atomic mass is 16.5. The molecule has 0 bridgehead atoms. The van der Waals surface area contributed by atoms with E-state index in [-0.39, 0.29) is 17.5 Å². The van der Waals surface area contributed by atoms with E-state index in [2.05, 4.69) is 15.6 Å². The smallest absolute Gasteiger partial charge is 0.270 e. The Kier molecular flexibility index (Phi) is 6.24. The first-order valence-corrected chi connectivity index (χ1v) is 9.22. The number of benzene rings is 2. The maximum Gasteiger partial charge on any atom is 0.270 e. The summed E-state index contributed by atoms with van der Waals surface area (Å²) in [5.41, 5.74) is 4.22. The molecule has 2 amide bonds. The molecule has 0 unspecified atom stereocenters. The molecular formula is C23H23N3O3. The van der Waals surface area contributed by atoms with Crippen LogP contribution in [0.3, 0.4) is 0 Å². The van der Waals surface area contributed by atoms with Gasteiger partial charge in [0, 0.05) is 24.0 Å². The number of carbonyl (C=O) groups excluding carboxylic acids is 2.